The second kappa shape index (κ2) is 8.93. The van der Waals surface area contributed by atoms with E-state index in [2.05, 4.69) is 10.6 Å². The molecule has 0 atom stereocenters. The molecular formula is C23H21N3O6. The van der Waals surface area contributed by atoms with E-state index in [1.54, 1.807) is 12.1 Å². The normalized spacial score (nSPS) is 12.8. The first-order valence-electron chi connectivity index (χ1n) is 10.0. The lowest BCUT2D eigenvalue weighted by molar-refractivity contribution is -0.384. The molecule has 2 N–H and O–H groups in total. The predicted octanol–water partition coefficient (Wildman–Crippen LogP) is 3.67. The molecule has 9 heteroatoms. The molecule has 1 aliphatic rings. The van der Waals surface area contributed by atoms with E-state index >= 15 is 0 Å². The number of hydrogen-bond donors (Lipinski definition) is 2. The summed E-state index contributed by atoms with van der Waals surface area (Å²) in [6.45, 7) is -0.227. The Morgan fingerprint density at radius 3 is 2.44 bits per heavy atom. The summed E-state index contributed by atoms with van der Waals surface area (Å²) >= 11 is 0. The molecule has 32 heavy (non-hydrogen) atoms. The van der Waals surface area contributed by atoms with Crippen molar-refractivity contribution in [3.05, 3.63) is 70.3 Å². The molecule has 0 radical (unpaired) electrons. The fourth-order valence-corrected chi connectivity index (χ4v) is 3.25. The van der Waals surface area contributed by atoms with E-state index in [0.717, 1.165) is 23.6 Å². The number of non-ortho nitro benzene ring substituents is 1. The van der Waals surface area contributed by atoms with Gasteiger partial charge in [0.25, 0.3) is 17.5 Å². The monoisotopic (exact) mass is 435 g/mol. The smallest absolute Gasteiger partial charge is 0.271 e. The van der Waals surface area contributed by atoms with Crippen molar-refractivity contribution in [3.63, 3.8) is 0 Å². The molecule has 1 aliphatic carbocycles. The molecule has 1 saturated carbocycles. The van der Waals surface area contributed by atoms with Gasteiger partial charge in [0.1, 0.15) is 11.5 Å². The third-order valence-electron chi connectivity index (χ3n) is 5.04. The van der Waals surface area contributed by atoms with E-state index in [0.29, 0.717) is 0 Å². The highest BCUT2D eigenvalue weighted by Gasteiger charge is 2.24. The van der Waals surface area contributed by atoms with Gasteiger partial charge in [0.05, 0.1) is 23.3 Å². The molecule has 0 aromatic heterocycles. The minimum atomic E-state index is -0.557. The number of fused-ring (bicyclic) bond motifs is 1. The Labute approximate surface area is 183 Å². The zero-order valence-electron chi connectivity index (χ0n) is 17.3. The quantitative estimate of drug-likeness (QED) is 0.412. The van der Waals surface area contributed by atoms with E-state index in [1.165, 1.54) is 25.3 Å². The molecule has 3 aromatic rings. The van der Waals surface area contributed by atoms with Crippen LogP contribution in [-0.4, -0.2) is 36.5 Å². The van der Waals surface area contributed by atoms with Crippen molar-refractivity contribution in [3.8, 4) is 11.5 Å². The second-order valence-electron chi connectivity index (χ2n) is 7.42. The van der Waals surface area contributed by atoms with Gasteiger partial charge in [-0.25, -0.2) is 0 Å². The van der Waals surface area contributed by atoms with Crippen LogP contribution in [0, 0.1) is 10.1 Å². The molecule has 0 aliphatic heterocycles. The standard InChI is InChI=1S/C23H21N3O6/c1-31-20-9-8-17(26(29)30)12-19(20)25-23(28)18-10-14-4-2-3-5-15(14)11-21(18)32-13-22(27)24-16-6-7-16/h2-5,8-12,16H,6-7,13H2,1H3,(H,24,27)(H,25,28). The molecule has 1 fully saturated rings. The van der Waals surface area contributed by atoms with Crippen LogP contribution >= 0.6 is 0 Å². The Morgan fingerprint density at radius 2 is 1.78 bits per heavy atom. The summed E-state index contributed by atoms with van der Waals surface area (Å²) < 4.78 is 10.9. The van der Waals surface area contributed by atoms with Crippen molar-refractivity contribution in [1.82, 2.24) is 5.32 Å². The number of carbonyl (C=O) groups is 2. The third kappa shape index (κ3) is 4.77. The molecular weight excluding hydrogens is 414 g/mol. The zero-order chi connectivity index (χ0) is 22.7. The zero-order valence-corrected chi connectivity index (χ0v) is 17.3. The van der Waals surface area contributed by atoms with Gasteiger partial charge in [-0.1, -0.05) is 24.3 Å². The largest absolute Gasteiger partial charge is 0.495 e. The summed E-state index contributed by atoms with van der Waals surface area (Å²) in [5, 5.41) is 18.3. The predicted molar refractivity (Wildman–Crippen MR) is 118 cm³/mol. The van der Waals surface area contributed by atoms with Crippen molar-refractivity contribution in [2.75, 3.05) is 19.0 Å². The van der Waals surface area contributed by atoms with Gasteiger partial charge in [-0.3, -0.25) is 19.7 Å². The second-order valence-corrected chi connectivity index (χ2v) is 7.42. The fourth-order valence-electron chi connectivity index (χ4n) is 3.25. The number of rotatable bonds is 8. The fraction of sp³-hybridized carbons (Fsp3) is 0.217. The molecule has 164 valence electrons. The lowest BCUT2D eigenvalue weighted by Crippen LogP contribution is -2.30. The molecule has 0 saturated heterocycles. The maximum Gasteiger partial charge on any atom is 0.271 e. The highest BCUT2D eigenvalue weighted by Crippen LogP contribution is 2.31. The van der Waals surface area contributed by atoms with Crippen LogP contribution in [-0.2, 0) is 4.79 Å². The van der Waals surface area contributed by atoms with Crippen LogP contribution in [0.5, 0.6) is 11.5 Å². The van der Waals surface area contributed by atoms with Gasteiger partial charge in [-0.05, 0) is 41.8 Å². The van der Waals surface area contributed by atoms with Gasteiger partial charge in [0, 0.05) is 18.2 Å². The van der Waals surface area contributed by atoms with Crippen LogP contribution in [0.4, 0.5) is 11.4 Å². The minimum absolute atomic E-state index is 0.150. The molecule has 0 spiro atoms. The number of hydrogen-bond acceptors (Lipinski definition) is 6. The topological polar surface area (TPSA) is 120 Å². The summed E-state index contributed by atoms with van der Waals surface area (Å²) in [4.78, 5) is 35.8. The maximum atomic E-state index is 13.1. The van der Waals surface area contributed by atoms with E-state index in [1.807, 2.05) is 24.3 Å². The minimum Gasteiger partial charge on any atom is -0.495 e. The van der Waals surface area contributed by atoms with Crippen molar-refractivity contribution in [2.45, 2.75) is 18.9 Å². The van der Waals surface area contributed by atoms with Gasteiger partial charge in [-0.2, -0.15) is 0 Å². The SMILES string of the molecule is COc1ccc([N+](=O)[O-])cc1NC(=O)c1cc2ccccc2cc1OCC(=O)NC1CC1. The van der Waals surface area contributed by atoms with E-state index in [4.69, 9.17) is 9.47 Å². The number of ether oxygens (including phenoxy) is 2. The van der Waals surface area contributed by atoms with Crippen LogP contribution in [0.25, 0.3) is 10.8 Å². The summed E-state index contributed by atoms with van der Waals surface area (Å²) in [6, 6.07) is 14.9. The van der Waals surface area contributed by atoms with Gasteiger partial charge in [0.2, 0.25) is 0 Å². The summed E-state index contributed by atoms with van der Waals surface area (Å²) in [5.74, 6) is -0.299. The Kier molecular flexibility index (Phi) is 5.89. The lowest BCUT2D eigenvalue weighted by Gasteiger charge is -2.14. The van der Waals surface area contributed by atoms with Gasteiger partial charge in [-0.15, -0.1) is 0 Å². The highest BCUT2D eigenvalue weighted by molar-refractivity contribution is 6.09. The Hall–Kier alpha value is -4.14. The molecule has 0 bridgehead atoms. The molecule has 0 unspecified atom stereocenters. The van der Waals surface area contributed by atoms with Crippen LogP contribution in [0.1, 0.15) is 23.2 Å². The Balaban J connectivity index is 1.64. The summed E-state index contributed by atoms with van der Waals surface area (Å²) in [6.07, 6.45) is 1.92. The number of nitro benzene ring substituents is 1. The number of anilines is 1. The highest BCUT2D eigenvalue weighted by atomic mass is 16.6. The average Bonchev–Trinajstić information content (AvgIpc) is 3.60. The molecule has 3 aromatic carbocycles. The molecule has 2 amide bonds. The van der Waals surface area contributed by atoms with Crippen LogP contribution in [0.15, 0.2) is 54.6 Å². The molecule has 0 heterocycles. The number of nitrogens with one attached hydrogen (secondary N) is 2. The number of nitro groups is 1. The van der Waals surface area contributed by atoms with Crippen molar-refractivity contribution < 1.29 is 24.0 Å². The number of benzene rings is 3. The Bertz CT molecular complexity index is 1210. The number of amides is 2. The Morgan fingerprint density at radius 1 is 1.06 bits per heavy atom. The van der Waals surface area contributed by atoms with Gasteiger partial charge < -0.3 is 20.1 Å². The number of methoxy groups -OCH3 is 1. The van der Waals surface area contributed by atoms with Gasteiger partial charge >= 0.3 is 0 Å². The van der Waals surface area contributed by atoms with Gasteiger partial charge in [0.15, 0.2) is 6.61 Å². The van der Waals surface area contributed by atoms with Crippen molar-refractivity contribution in [1.29, 1.82) is 0 Å². The van der Waals surface area contributed by atoms with E-state index in [9.17, 15) is 19.7 Å². The molecule has 9 nitrogen and oxygen atoms in total. The van der Waals surface area contributed by atoms with Crippen molar-refractivity contribution >= 4 is 34.0 Å². The first kappa shape index (κ1) is 21.1. The maximum absolute atomic E-state index is 13.1. The molecule has 4 rings (SSSR count). The van der Waals surface area contributed by atoms with Crippen LogP contribution in [0.2, 0.25) is 0 Å². The number of nitrogens with zero attached hydrogens (tertiary/aromatic N) is 1. The van der Waals surface area contributed by atoms with Crippen LogP contribution < -0.4 is 20.1 Å². The van der Waals surface area contributed by atoms with E-state index in [-0.39, 0.29) is 47.0 Å². The van der Waals surface area contributed by atoms with E-state index < -0.39 is 10.8 Å². The summed E-state index contributed by atoms with van der Waals surface area (Å²) in [7, 11) is 1.40. The first-order valence-corrected chi connectivity index (χ1v) is 10.0. The summed E-state index contributed by atoms with van der Waals surface area (Å²) in [5.41, 5.74) is 0.154. The third-order valence-corrected chi connectivity index (χ3v) is 5.04. The van der Waals surface area contributed by atoms with Crippen molar-refractivity contribution in [2.24, 2.45) is 0 Å². The van der Waals surface area contributed by atoms with Crippen LogP contribution in [0.3, 0.4) is 0 Å². The average molecular weight is 435 g/mol. The number of carbonyl (C=O) groups excluding carboxylic acids is 2. The lowest BCUT2D eigenvalue weighted by atomic mass is 10.0. The first-order chi connectivity index (χ1) is 15.4.